The Morgan fingerprint density at radius 2 is 1.79 bits per heavy atom. The highest BCUT2D eigenvalue weighted by atomic mass is 19.4. The summed E-state index contributed by atoms with van der Waals surface area (Å²) in [7, 11) is 0. The molecule has 1 aliphatic rings. The van der Waals surface area contributed by atoms with Crippen LogP contribution >= 0.6 is 0 Å². The van der Waals surface area contributed by atoms with E-state index in [0.29, 0.717) is 0 Å². The standard InChI is InChI=1S/C11H15N.C2HF3O2/c1-9-5-2-3-6-10(9)11(12)7-4-8-11;3-2(4,5)1(6)7/h2-3,5-6H,4,7-8,12H2,1H3;(H,6,7). The maximum absolute atomic E-state index is 10.6. The minimum atomic E-state index is -5.08. The van der Waals surface area contributed by atoms with E-state index in [2.05, 4.69) is 31.2 Å². The van der Waals surface area contributed by atoms with Gasteiger partial charge in [0.25, 0.3) is 0 Å². The van der Waals surface area contributed by atoms with Gasteiger partial charge in [0.05, 0.1) is 0 Å². The van der Waals surface area contributed by atoms with Crippen molar-refractivity contribution in [2.75, 3.05) is 0 Å². The molecule has 19 heavy (non-hydrogen) atoms. The van der Waals surface area contributed by atoms with Crippen molar-refractivity contribution in [1.82, 2.24) is 0 Å². The van der Waals surface area contributed by atoms with Crippen molar-refractivity contribution in [2.24, 2.45) is 5.73 Å². The average Bonchev–Trinajstić information content (AvgIpc) is 2.26. The Kier molecular flexibility index (Phi) is 4.57. The van der Waals surface area contributed by atoms with Gasteiger partial charge in [0.2, 0.25) is 0 Å². The maximum Gasteiger partial charge on any atom is 0.490 e. The van der Waals surface area contributed by atoms with Crippen molar-refractivity contribution in [3.8, 4) is 0 Å². The minimum absolute atomic E-state index is 0.00530. The Morgan fingerprint density at radius 3 is 2.11 bits per heavy atom. The quantitative estimate of drug-likeness (QED) is 0.828. The summed E-state index contributed by atoms with van der Waals surface area (Å²) in [6.45, 7) is 2.14. The average molecular weight is 275 g/mol. The van der Waals surface area contributed by atoms with Crippen LogP contribution in [0.5, 0.6) is 0 Å². The van der Waals surface area contributed by atoms with E-state index < -0.39 is 12.1 Å². The SMILES string of the molecule is Cc1ccccc1C1(N)CCC1.O=C(O)C(F)(F)F. The highest BCUT2D eigenvalue weighted by molar-refractivity contribution is 5.73. The summed E-state index contributed by atoms with van der Waals surface area (Å²) in [6, 6.07) is 8.45. The fourth-order valence-electron chi connectivity index (χ4n) is 1.96. The number of hydrogen-bond acceptors (Lipinski definition) is 2. The van der Waals surface area contributed by atoms with Crippen LogP contribution in [0.25, 0.3) is 0 Å². The molecule has 2 rings (SSSR count). The van der Waals surface area contributed by atoms with Gasteiger partial charge in [-0.05, 0) is 37.3 Å². The molecular weight excluding hydrogens is 259 g/mol. The number of carboxylic acid groups (broad SMARTS) is 1. The lowest BCUT2D eigenvalue weighted by Gasteiger charge is -2.39. The van der Waals surface area contributed by atoms with Crippen LogP contribution < -0.4 is 5.73 Å². The molecule has 0 bridgehead atoms. The molecule has 1 aromatic rings. The third-order valence-electron chi connectivity index (χ3n) is 3.17. The van der Waals surface area contributed by atoms with Gasteiger partial charge in [0.15, 0.2) is 0 Å². The summed E-state index contributed by atoms with van der Waals surface area (Å²) >= 11 is 0. The monoisotopic (exact) mass is 275 g/mol. The summed E-state index contributed by atoms with van der Waals surface area (Å²) in [6.07, 6.45) is -1.50. The van der Waals surface area contributed by atoms with Crippen LogP contribution in [0.1, 0.15) is 30.4 Å². The summed E-state index contributed by atoms with van der Waals surface area (Å²) in [5.74, 6) is -2.76. The molecule has 0 unspecified atom stereocenters. The first-order chi connectivity index (χ1) is 8.67. The van der Waals surface area contributed by atoms with Gasteiger partial charge < -0.3 is 10.8 Å². The summed E-state index contributed by atoms with van der Waals surface area (Å²) < 4.78 is 31.7. The Labute approximate surface area is 109 Å². The molecule has 106 valence electrons. The number of aliphatic carboxylic acids is 1. The second-order valence-electron chi connectivity index (χ2n) is 4.63. The summed E-state index contributed by atoms with van der Waals surface area (Å²) in [4.78, 5) is 8.90. The van der Waals surface area contributed by atoms with E-state index in [-0.39, 0.29) is 5.54 Å². The second kappa shape index (κ2) is 5.61. The Bertz CT molecular complexity index is 453. The van der Waals surface area contributed by atoms with Crippen molar-refractivity contribution in [2.45, 2.75) is 37.9 Å². The Hall–Kier alpha value is -1.56. The van der Waals surface area contributed by atoms with Gasteiger partial charge in [-0.1, -0.05) is 24.3 Å². The molecule has 1 aromatic carbocycles. The molecular formula is C13H16F3NO2. The molecule has 0 saturated heterocycles. The van der Waals surface area contributed by atoms with E-state index in [9.17, 15) is 13.2 Å². The molecule has 3 nitrogen and oxygen atoms in total. The van der Waals surface area contributed by atoms with Crippen molar-refractivity contribution in [3.05, 3.63) is 35.4 Å². The molecule has 0 aromatic heterocycles. The molecule has 0 atom stereocenters. The largest absolute Gasteiger partial charge is 0.490 e. The zero-order valence-electron chi connectivity index (χ0n) is 10.5. The number of carboxylic acids is 1. The molecule has 1 saturated carbocycles. The number of nitrogens with two attached hydrogens (primary N) is 1. The first-order valence-corrected chi connectivity index (χ1v) is 5.82. The number of carbonyl (C=O) groups is 1. The topological polar surface area (TPSA) is 63.3 Å². The molecule has 0 heterocycles. The number of aryl methyl sites for hydroxylation is 1. The first-order valence-electron chi connectivity index (χ1n) is 5.82. The van der Waals surface area contributed by atoms with Crippen molar-refractivity contribution < 1.29 is 23.1 Å². The molecule has 0 amide bonds. The van der Waals surface area contributed by atoms with Crippen LogP contribution in [0.4, 0.5) is 13.2 Å². The van der Waals surface area contributed by atoms with Crippen LogP contribution in [0.15, 0.2) is 24.3 Å². The van der Waals surface area contributed by atoms with Crippen LogP contribution in [0, 0.1) is 6.92 Å². The highest BCUT2D eigenvalue weighted by Gasteiger charge is 2.38. The molecule has 3 N–H and O–H groups in total. The number of rotatable bonds is 1. The van der Waals surface area contributed by atoms with Crippen molar-refractivity contribution in [1.29, 1.82) is 0 Å². The third-order valence-corrected chi connectivity index (χ3v) is 3.17. The van der Waals surface area contributed by atoms with Crippen LogP contribution in [0.2, 0.25) is 0 Å². The van der Waals surface area contributed by atoms with Gasteiger partial charge in [-0.2, -0.15) is 13.2 Å². The van der Waals surface area contributed by atoms with Crippen LogP contribution in [0.3, 0.4) is 0 Å². The zero-order chi connectivity index (χ0) is 14.7. The summed E-state index contributed by atoms with van der Waals surface area (Å²) in [5.41, 5.74) is 8.91. The highest BCUT2D eigenvalue weighted by Crippen LogP contribution is 2.39. The van der Waals surface area contributed by atoms with E-state index in [0.717, 1.165) is 12.8 Å². The van der Waals surface area contributed by atoms with Gasteiger partial charge >= 0.3 is 12.1 Å². The number of benzene rings is 1. The van der Waals surface area contributed by atoms with Crippen LogP contribution in [-0.2, 0) is 10.3 Å². The minimum Gasteiger partial charge on any atom is -0.475 e. The smallest absolute Gasteiger partial charge is 0.475 e. The van der Waals surface area contributed by atoms with Crippen molar-refractivity contribution >= 4 is 5.97 Å². The maximum atomic E-state index is 10.6. The molecule has 0 radical (unpaired) electrons. The van der Waals surface area contributed by atoms with Gasteiger partial charge in [-0.25, -0.2) is 4.79 Å². The van der Waals surface area contributed by atoms with Gasteiger partial charge in [-0.15, -0.1) is 0 Å². The number of hydrogen-bond donors (Lipinski definition) is 2. The normalized spacial score (nSPS) is 16.9. The molecule has 0 aliphatic heterocycles. The van der Waals surface area contributed by atoms with Gasteiger partial charge in [0.1, 0.15) is 0 Å². The predicted octanol–water partition coefficient (Wildman–Crippen LogP) is 2.97. The fourth-order valence-corrected chi connectivity index (χ4v) is 1.96. The van der Waals surface area contributed by atoms with E-state index in [1.165, 1.54) is 17.5 Å². The van der Waals surface area contributed by atoms with Crippen LogP contribution in [-0.4, -0.2) is 17.3 Å². The predicted molar refractivity (Wildman–Crippen MR) is 64.6 cm³/mol. The second-order valence-corrected chi connectivity index (χ2v) is 4.63. The third kappa shape index (κ3) is 3.96. The lowest BCUT2D eigenvalue weighted by atomic mass is 9.71. The van der Waals surface area contributed by atoms with Crippen molar-refractivity contribution in [3.63, 3.8) is 0 Å². The lowest BCUT2D eigenvalue weighted by Crippen LogP contribution is -2.43. The number of alkyl halides is 3. The van der Waals surface area contributed by atoms with E-state index in [1.54, 1.807) is 0 Å². The van der Waals surface area contributed by atoms with Gasteiger partial charge in [0, 0.05) is 5.54 Å². The lowest BCUT2D eigenvalue weighted by molar-refractivity contribution is -0.192. The summed E-state index contributed by atoms with van der Waals surface area (Å²) in [5, 5.41) is 7.12. The number of halogens is 3. The van der Waals surface area contributed by atoms with E-state index in [1.807, 2.05) is 0 Å². The zero-order valence-corrected chi connectivity index (χ0v) is 10.5. The Balaban J connectivity index is 0.000000224. The first kappa shape index (κ1) is 15.5. The fraction of sp³-hybridized carbons (Fsp3) is 0.462. The van der Waals surface area contributed by atoms with E-state index >= 15 is 0 Å². The van der Waals surface area contributed by atoms with E-state index in [4.69, 9.17) is 15.6 Å². The molecule has 1 aliphatic carbocycles. The Morgan fingerprint density at radius 1 is 1.32 bits per heavy atom. The van der Waals surface area contributed by atoms with Gasteiger partial charge in [-0.3, -0.25) is 0 Å². The molecule has 6 heteroatoms. The molecule has 1 fully saturated rings. The molecule has 0 spiro atoms.